The molecule has 3 aromatic carbocycles. The molecule has 0 amide bonds. The van der Waals surface area contributed by atoms with Crippen molar-refractivity contribution in [2.75, 3.05) is 5.32 Å². The molecule has 0 saturated carbocycles. The molecule has 1 aliphatic heterocycles. The second-order valence-corrected chi connectivity index (χ2v) is 7.34. The van der Waals surface area contributed by atoms with Crippen LogP contribution in [0, 0.1) is 5.92 Å². The van der Waals surface area contributed by atoms with Crippen LogP contribution >= 0.6 is 0 Å². The SMILES string of the molecule is FC(F)(F)c1ccc2c(c1)[C@@H]1C=CC[C@@H]1[C@@H](c1cccc3ccccc13)N2. The zero-order valence-corrected chi connectivity index (χ0v) is 14.5. The number of halogens is 3. The van der Waals surface area contributed by atoms with Gasteiger partial charge in [-0.25, -0.2) is 0 Å². The summed E-state index contributed by atoms with van der Waals surface area (Å²) in [5, 5.41) is 5.92. The molecule has 0 radical (unpaired) electrons. The zero-order valence-electron chi connectivity index (χ0n) is 14.5. The molecule has 1 heterocycles. The third-order valence-corrected chi connectivity index (χ3v) is 5.85. The van der Waals surface area contributed by atoms with E-state index >= 15 is 0 Å². The Balaban J connectivity index is 1.63. The fourth-order valence-corrected chi connectivity index (χ4v) is 4.60. The Morgan fingerprint density at radius 1 is 0.889 bits per heavy atom. The van der Waals surface area contributed by atoms with Gasteiger partial charge >= 0.3 is 6.18 Å². The second kappa shape index (κ2) is 5.88. The molecule has 0 bridgehead atoms. The molecule has 0 unspecified atom stereocenters. The molecule has 5 rings (SSSR count). The highest BCUT2D eigenvalue weighted by Gasteiger charge is 2.40. The highest BCUT2D eigenvalue weighted by molar-refractivity contribution is 5.86. The summed E-state index contributed by atoms with van der Waals surface area (Å²) in [6.07, 6.45) is 0.716. The van der Waals surface area contributed by atoms with Gasteiger partial charge in [0, 0.05) is 11.6 Å². The minimum atomic E-state index is -4.32. The predicted octanol–water partition coefficient (Wildman–Crippen LogP) is 6.69. The van der Waals surface area contributed by atoms with Gasteiger partial charge in [-0.3, -0.25) is 0 Å². The number of hydrogen-bond donors (Lipinski definition) is 1. The van der Waals surface area contributed by atoms with E-state index < -0.39 is 11.7 Å². The zero-order chi connectivity index (χ0) is 18.6. The lowest BCUT2D eigenvalue weighted by Crippen LogP contribution is -2.29. The molecule has 0 aromatic heterocycles. The van der Waals surface area contributed by atoms with E-state index in [0.717, 1.165) is 17.7 Å². The van der Waals surface area contributed by atoms with Gasteiger partial charge < -0.3 is 5.32 Å². The lowest BCUT2D eigenvalue weighted by molar-refractivity contribution is -0.137. The Bertz CT molecular complexity index is 1050. The van der Waals surface area contributed by atoms with E-state index in [2.05, 4.69) is 47.8 Å². The van der Waals surface area contributed by atoms with Crippen molar-refractivity contribution in [3.05, 3.63) is 89.5 Å². The molecule has 27 heavy (non-hydrogen) atoms. The molecule has 1 aliphatic carbocycles. The first kappa shape index (κ1) is 16.4. The van der Waals surface area contributed by atoms with Crippen LogP contribution < -0.4 is 5.32 Å². The molecule has 3 atom stereocenters. The first-order chi connectivity index (χ1) is 13.0. The largest absolute Gasteiger partial charge is 0.416 e. The number of benzene rings is 3. The van der Waals surface area contributed by atoms with Gasteiger partial charge in [0.25, 0.3) is 0 Å². The lowest BCUT2D eigenvalue weighted by Gasteiger charge is -2.38. The summed E-state index contributed by atoms with van der Waals surface area (Å²) in [7, 11) is 0. The lowest BCUT2D eigenvalue weighted by atomic mass is 9.76. The van der Waals surface area contributed by atoms with E-state index in [9.17, 15) is 13.2 Å². The Labute approximate surface area is 155 Å². The quantitative estimate of drug-likeness (QED) is 0.474. The first-order valence-electron chi connectivity index (χ1n) is 9.14. The number of allylic oxidation sites excluding steroid dienone is 2. The molecular weight excluding hydrogens is 347 g/mol. The molecule has 0 saturated heterocycles. The van der Waals surface area contributed by atoms with E-state index in [1.54, 1.807) is 6.07 Å². The average molecular weight is 365 g/mol. The van der Waals surface area contributed by atoms with Crippen molar-refractivity contribution in [2.24, 2.45) is 5.92 Å². The van der Waals surface area contributed by atoms with Crippen molar-refractivity contribution in [3.63, 3.8) is 0 Å². The van der Waals surface area contributed by atoms with Gasteiger partial charge in [0.2, 0.25) is 0 Å². The summed E-state index contributed by atoms with van der Waals surface area (Å²) in [5.74, 6) is 0.222. The third-order valence-electron chi connectivity index (χ3n) is 5.85. The fourth-order valence-electron chi connectivity index (χ4n) is 4.60. The summed E-state index contributed by atoms with van der Waals surface area (Å²) >= 11 is 0. The van der Waals surface area contributed by atoms with Gasteiger partial charge in [-0.1, -0.05) is 54.6 Å². The fraction of sp³-hybridized carbons (Fsp3) is 0.217. The van der Waals surface area contributed by atoms with Crippen LogP contribution in [0.1, 0.15) is 35.1 Å². The number of fused-ring (bicyclic) bond motifs is 4. The standard InChI is InChI=1S/C23H18F3N/c24-23(25,26)15-11-12-21-20(13-15)17-8-4-10-19(17)22(27-21)18-9-3-6-14-5-1-2-7-16(14)18/h1-9,11-13,17,19,22,27H,10H2/t17-,19+,22-/m1/s1. The van der Waals surface area contributed by atoms with Crippen LogP contribution in [-0.4, -0.2) is 0 Å². The number of hydrogen-bond acceptors (Lipinski definition) is 1. The average Bonchev–Trinajstić information content (AvgIpc) is 3.16. The maximum Gasteiger partial charge on any atom is 0.416 e. The summed E-state index contributed by atoms with van der Waals surface area (Å²) in [4.78, 5) is 0. The van der Waals surface area contributed by atoms with E-state index in [-0.39, 0.29) is 17.9 Å². The number of alkyl halides is 3. The Morgan fingerprint density at radius 3 is 2.56 bits per heavy atom. The van der Waals surface area contributed by atoms with Crippen LogP contribution in [0.5, 0.6) is 0 Å². The van der Waals surface area contributed by atoms with Crippen LogP contribution in [0.15, 0.2) is 72.8 Å². The van der Waals surface area contributed by atoms with Gasteiger partial charge in [0.15, 0.2) is 0 Å². The molecule has 1 nitrogen and oxygen atoms in total. The van der Waals surface area contributed by atoms with Gasteiger partial charge in [-0.05, 0) is 52.4 Å². The van der Waals surface area contributed by atoms with Crippen molar-refractivity contribution >= 4 is 16.5 Å². The van der Waals surface area contributed by atoms with Gasteiger partial charge in [0.1, 0.15) is 0 Å². The predicted molar refractivity (Wildman–Crippen MR) is 102 cm³/mol. The maximum atomic E-state index is 13.2. The van der Waals surface area contributed by atoms with Crippen molar-refractivity contribution < 1.29 is 13.2 Å². The Morgan fingerprint density at radius 2 is 1.70 bits per heavy atom. The molecule has 1 N–H and O–H groups in total. The molecule has 136 valence electrons. The second-order valence-electron chi connectivity index (χ2n) is 7.34. The molecule has 0 spiro atoms. The number of rotatable bonds is 1. The molecule has 4 heteroatoms. The van der Waals surface area contributed by atoms with Gasteiger partial charge in [0.05, 0.1) is 11.6 Å². The van der Waals surface area contributed by atoms with Crippen molar-refractivity contribution in [2.45, 2.75) is 24.6 Å². The van der Waals surface area contributed by atoms with E-state index in [1.807, 2.05) is 12.1 Å². The van der Waals surface area contributed by atoms with E-state index in [4.69, 9.17) is 0 Å². The minimum Gasteiger partial charge on any atom is -0.378 e. The first-order valence-corrected chi connectivity index (χ1v) is 9.14. The summed E-state index contributed by atoms with van der Waals surface area (Å²) in [5.41, 5.74) is 2.18. The smallest absolute Gasteiger partial charge is 0.378 e. The van der Waals surface area contributed by atoms with Crippen molar-refractivity contribution in [1.29, 1.82) is 0 Å². The van der Waals surface area contributed by atoms with Crippen molar-refractivity contribution in [1.82, 2.24) is 0 Å². The van der Waals surface area contributed by atoms with Crippen LogP contribution in [0.2, 0.25) is 0 Å². The summed E-state index contributed by atoms with van der Waals surface area (Å²) in [6.45, 7) is 0. The number of nitrogens with one attached hydrogen (secondary N) is 1. The highest BCUT2D eigenvalue weighted by Crippen LogP contribution is 2.51. The molecule has 2 aliphatic rings. The monoisotopic (exact) mass is 365 g/mol. The van der Waals surface area contributed by atoms with E-state index in [0.29, 0.717) is 0 Å². The normalized spacial score (nSPS) is 23.7. The Hall–Kier alpha value is -2.75. The number of anilines is 1. The topological polar surface area (TPSA) is 12.0 Å². The van der Waals surface area contributed by atoms with Crippen LogP contribution in [-0.2, 0) is 6.18 Å². The van der Waals surface area contributed by atoms with Crippen molar-refractivity contribution in [3.8, 4) is 0 Å². The Kier molecular flexibility index (Phi) is 3.58. The van der Waals surface area contributed by atoms with Gasteiger partial charge in [-0.15, -0.1) is 0 Å². The highest BCUT2D eigenvalue weighted by atomic mass is 19.4. The van der Waals surface area contributed by atoms with E-state index in [1.165, 1.54) is 28.5 Å². The summed E-state index contributed by atoms with van der Waals surface area (Å²) in [6, 6.07) is 18.7. The van der Waals surface area contributed by atoms with Crippen LogP contribution in [0.3, 0.4) is 0 Å². The molecular formula is C23H18F3N. The minimum absolute atomic E-state index is 0.00696. The van der Waals surface area contributed by atoms with Crippen LogP contribution in [0.4, 0.5) is 18.9 Å². The molecule has 0 fully saturated rings. The third kappa shape index (κ3) is 2.62. The maximum absolute atomic E-state index is 13.2. The summed E-state index contributed by atoms with van der Waals surface area (Å²) < 4.78 is 39.5. The van der Waals surface area contributed by atoms with Gasteiger partial charge in [-0.2, -0.15) is 13.2 Å². The molecule has 3 aromatic rings. The van der Waals surface area contributed by atoms with Crippen LogP contribution in [0.25, 0.3) is 10.8 Å².